The van der Waals surface area contributed by atoms with Gasteiger partial charge >= 0.3 is 6.03 Å². The van der Waals surface area contributed by atoms with Crippen LogP contribution >= 0.6 is 0 Å². The molecule has 4 N–H and O–H groups in total. The number of ether oxygens (including phenoxy) is 2. The third kappa shape index (κ3) is 5.15. The Morgan fingerprint density at radius 2 is 1.87 bits per heavy atom. The van der Waals surface area contributed by atoms with Crippen molar-refractivity contribution in [2.24, 2.45) is 0 Å². The van der Waals surface area contributed by atoms with Crippen LogP contribution in [0.3, 0.4) is 0 Å². The van der Waals surface area contributed by atoms with Gasteiger partial charge in [-0.1, -0.05) is 13.3 Å². The first-order valence-electron chi connectivity index (χ1n) is 12.1. The molecule has 1 saturated carbocycles. The van der Waals surface area contributed by atoms with Crippen molar-refractivity contribution < 1.29 is 18.7 Å². The topological polar surface area (TPSA) is 153 Å². The Hall–Kier alpha value is -5.18. The highest BCUT2D eigenvalue weighted by Crippen LogP contribution is 2.43. The van der Waals surface area contributed by atoms with E-state index in [0.29, 0.717) is 11.6 Å². The number of hydrogen-bond acceptors (Lipinski definition) is 8. The van der Waals surface area contributed by atoms with Crippen molar-refractivity contribution in [3.05, 3.63) is 71.9 Å². The van der Waals surface area contributed by atoms with E-state index in [1.54, 1.807) is 23.9 Å². The number of nitrogens with one attached hydrogen (secondary N) is 2. The van der Waals surface area contributed by atoms with Crippen LogP contribution in [0.5, 0.6) is 17.4 Å². The number of methoxy groups -OCH3 is 1. The van der Waals surface area contributed by atoms with Crippen molar-refractivity contribution in [1.82, 2.24) is 19.7 Å². The number of carbonyl (C=O) groups excluding carboxylic acids is 1. The molecule has 198 valence electrons. The molecule has 1 aliphatic carbocycles. The SMILES string of the molecule is COc1ccc(-n2nc(C3(C)CCC3)cc2NC(=O)Nc2ccc(Oc3ncnc(N)c3C#N)cc2F)cc1. The molecule has 4 aromatic rings. The molecule has 39 heavy (non-hydrogen) atoms. The van der Waals surface area contributed by atoms with Crippen LogP contribution in [0.4, 0.5) is 26.5 Å². The number of anilines is 3. The lowest BCUT2D eigenvalue weighted by Gasteiger charge is -2.36. The van der Waals surface area contributed by atoms with E-state index in [9.17, 15) is 14.4 Å². The van der Waals surface area contributed by atoms with Crippen LogP contribution in [-0.4, -0.2) is 32.9 Å². The molecule has 0 spiro atoms. The van der Waals surface area contributed by atoms with Gasteiger partial charge in [0.15, 0.2) is 5.56 Å². The Kier molecular flexibility index (Phi) is 6.72. The number of urea groups is 1. The highest BCUT2D eigenvalue weighted by Gasteiger charge is 2.36. The zero-order valence-electron chi connectivity index (χ0n) is 21.2. The van der Waals surface area contributed by atoms with Crippen LogP contribution in [0, 0.1) is 17.1 Å². The Bertz CT molecular complexity index is 1580. The van der Waals surface area contributed by atoms with Crippen molar-refractivity contribution in [3.8, 4) is 29.1 Å². The van der Waals surface area contributed by atoms with Crippen molar-refractivity contribution in [3.63, 3.8) is 0 Å². The second kappa shape index (κ2) is 10.3. The van der Waals surface area contributed by atoms with Gasteiger partial charge in [-0.15, -0.1) is 0 Å². The van der Waals surface area contributed by atoms with Crippen LogP contribution in [0.2, 0.25) is 0 Å². The van der Waals surface area contributed by atoms with E-state index in [1.165, 1.54) is 12.1 Å². The lowest BCUT2D eigenvalue weighted by atomic mass is 9.68. The lowest BCUT2D eigenvalue weighted by Crippen LogP contribution is -2.30. The van der Waals surface area contributed by atoms with E-state index >= 15 is 0 Å². The molecule has 0 radical (unpaired) electrons. The Morgan fingerprint density at radius 3 is 2.51 bits per heavy atom. The molecule has 1 fully saturated rings. The molecule has 2 amide bonds. The fraction of sp³-hybridized carbons (Fsp3) is 0.222. The van der Waals surface area contributed by atoms with Gasteiger partial charge < -0.3 is 20.5 Å². The zero-order valence-corrected chi connectivity index (χ0v) is 21.2. The molecule has 2 aromatic carbocycles. The Morgan fingerprint density at radius 1 is 1.13 bits per heavy atom. The van der Waals surface area contributed by atoms with Gasteiger partial charge in [0, 0.05) is 17.5 Å². The molecule has 0 saturated heterocycles. The summed E-state index contributed by atoms with van der Waals surface area (Å²) in [5.41, 5.74) is 7.05. The predicted octanol–water partition coefficient (Wildman–Crippen LogP) is 5.14. The number of rotatable bonds is 7. The summed E-state index contributed by atoms with van der Waals surface area (Å²) in [5, 5.41) is 19.3. The lowest BCUT2D eigenvalue weighted by molar-refractivity contribution is 0.262. The van der Waals surface area contributed by atoms with Gasteiger partial charge in [-0.2, -0.15) is 10.4 Å². The molecule has 0 bridgehead atoms. The minimum absolute atomic E-state index is 0.0544. The summed E-state index contributed by atoms with van der Waals surface area (Å²) in [5.74, 6) is 0.274. The molecule has 2 aromatic heterocycles. The molecular formula is C27H25FN8O3. The first kappa shape index (κ1) is 25.5. The maximum atomic E-state index is 14.9. The monoisotopic (exact) mass is 528 g/mol. The first-order chi connectivity index (χ1) is 18.8. The maximum absolute atomic E-state index is 14.9. The summed E-state index contributed by atoms with van der Waals surface area (Å²) >= 11 is 0. The minimum Gasteiger partial charge on any atom is -0.497 e. The summed E-state index contributed by atoms with van der Waals surface area (Å²) < 4.78 is 27.3. The number of benzene rings is 2. The second-order valence-corrected chi connectivity index (χ2v) is 9.31. The number of nitriles is 1. The first-order valence-corrected chi connectivity index (χ1v) is 12.1. The molecule has 1 aliphatic rings. The largest absolute Gasteiger partial charge is 0.497 e. The highest BCUT2D eigenvalue weighted by atomic mass is 19.1. The molecule has 0 atom stereocenters. The number of carbonyl (C=O) groups is 1. The number of nitrogen functional groups attached to an aromatic ring is 1. The van der Waals surface area contributed by atoms with Gasteiger partial charge in [0.25, 0.3) is 0 Å². The van der Waals surface area contributed by atoms with E-state index in [1.807, 2.05) is 24.3 Å². The molecule has 5 rings (SSSR count). The van der Waals surface area contributed by atoms with Gasteiger partial charge in [-0.3, -0.25) is 5.32 Å². The Labute approximate surface area is 223 Å². The number of aromatic nitrogens is 4. The van der Waals surface area contributed by atoms with E-state index in [0.717, 1.165) is 43.0 Å². The quantitative estimate of drug-likeness (QED) is 0.298. The second-order valence-electron chi connectivity index (χ2n) is 9.31. The zero-order chi connectivity index (χ0) is 27.6. The predicted molar refractivity (Wildman–Crippen MR) is 142 cm³/mol. The summed E-state index contributed by atoms with van der Waals surface area (Å²) in [4.78, 5) is 20.5. The fourth-order valence-electron chi connectivity index (χ4n) is 4.26. The summed E-state index contributed by atoms with van der Waals surface area (Å²) in [6.45, 7) is 2.15. The molecule has 11 nitrogen and oxygen atoms in total. The molecule has 0 aliphatic heterocycles. The number of nitrogens with zero attached hydrogens (tertiary/aromatic N) is 5. The van der Waals surface area contributed by atoms with E-state index in [4.69, 9.17) is 20.3 Å². The van der Waals surface area contributed by atoms with Crippen molar-refractivity contribution in [2.75, 3.05) is 23.5 Å². The number of halogens is 1. The normalized spacial score (nSPS) is 13.6. The maximum Gasteiger partial charge on any atom is 0.324 e. The van der Waals surface area contributed by atoms with Gasteiger partial charge in [-0.25, -0.2) is 23.8 Å². The van der Waals surface area contributed by atoms with E-state index in [-0.39, 0.29) is 34.1 Å². The summed E-state index contributed by atoms with van der Waals surface area (Å²) in [7, 11) is 1.59. The average Bonchev–Trinajstić information content (AvgIpc) is 3.33. The van der Waals surface area contributed by atoms with Crippen LogP contribution in [0.1, 0.15) is 37.4 Å². The third-order valence-electron chi connectivity index (χ3n) is 6.70. The van der Waals surface area contributed by atoms with E-state index < -0.39 is 11.8 Å². The van der Waals surface area contributed by atoms with Gasteiger partial charge in [-0.05, 0) is 49.2 Å². The molecule has 0 unspecified atom stereocenters. The third-order valence-corrected chi connectivity index (χ3v) is 6.70. The highest BCUT2D eigenvalue weighted by molar-refractivity contribution is 5.99. The van der Waals surface area contributed by atoms with E-state index in [2.05, 4.69) is 27.5 Å². The van der Waals surface area contributed by atoms with Gasteiger partial charge in [0.2, 0.25) is 5.88 Å². The van der Waals surface area contributed by atoms with Gasteiger partial charge in [0.1, 0.15) is 41.3 Å². The molecular weight excluding hydrogens is 503 g/mol. The van der Waals surface area contributed by atoms with Crippen LogP contribution < -0.4 is 25.8 Å². The minimum atomic E-state index is -0.755. The number of hydrogen-bond donors (Lipinski definition) is 3. The van der Waals surface area contributed by atoms with Crippen LogP contribution in [-0.2, 0) is 5.41 Å². The number of nitrogens with two attached hydrogens (primary N) is 1. The van der Waals surface area contributed by atoms with Crippen molar-refractivity contribution >= 4 is 23.4 Å². The number of amides is 2. The molecule has 2 heterocycles. The fourth-order valence-corrected chi connectivity index (χ4v) is 4.26. The molecule has 12 heteroatoms. The average molecular weight is 529 g/mol. The standard InChI is InChI=1S/C27H25FN8O3/c1-27(10-3-11-27)22-13-23(36(35-22)16-4-6-17(38-2)7-5-16)34-26(37)33-21-9-8-18(12-20(21)28)39-25-19(14-29)24(30)31-15-32-25/h4-9,12-13,15H,3,10-11H2,1-2H3,(H2,30,31,32)(H2,33,34,37). The van der Waals surface area contributed by atoms with Crippen LogP contribution in [0.15, 0.2) is 54.9 Å². The smallest absolute Gasteiger partial charge is 0.324 e. The summed E-state index contributed by atoms with van der Waals surface area (Å²) in [6, 6.07) is 14.1. The Balaban J connectivity index is 1.34. The van der Waals surface area contributed by atoms with Gasteiger partial charge in [0.05, 0.1) is 24.2 Å². The van der Waals surface area contributed by atoms with Crippen molar-refractivity contribution in [2.45, 2.75) is 31.6 Å². The van der Waals surface area contributed by atoms with Crippen LogP contribution in [0.25, 0.3) is 5.69 Å². The van der Waals surface area contributed by atoms with Crippen molar-refractivity contribution in [1.29, 1.82) is 5.26 Å². The summed E-state index contributed by atoms with van der Waals surface area (Å²) in [6.07, 6.45) is 4.27.